The van der Waals surface area contributed by atoms with Crippen molar-refractivity contribution in [2.45, 2.75) is 140 Å². The lowest BCUT2D eigenvalue weighted by atomic mass is 9.33. The molecule has 16 rings (SSSR count). The summed E-state index contributed by atoms with van der Waals surface area (Å²) in [6.45, 7) is 24.3. The average Bonchev–Trinajstić information content (AvgIpc) is 1.34. The zero-order valence-electron chi connectivity index (χ0n) is 51.9. The van der Waals surface area contributed by atoms with Gasteiger partial charge in [0.05, 0.1) is 11.2 Å². The summed E-state index contributed by atoms with van der Waals surface area (Å²) in [6.07, 6.45) is 6.66. The summed E-state index contributed by atoms with van der Waals surface area (Å²) in [5.41, 5.74) is 30.6. The number of para-hydroxylation sites is 1. The number of fused-ring (bicyclic) bond motifs is 12. The van der Waals surface area contributed by atoms with E-state index in [4.69, 9.17) is 0 Å². The number of anilines is 8. The maximum absolute atomic E-state index is 2.86. The van der Waals surface area contributed by atoms with Gasteiger partial charge in [-0.2, -0.15) is 0 Å². The van der Waals surface area contributed by atoms with Crippen LogP contribution in [-0.4, -0.2) is 12.3 Å². The molecule has 2 bridgehead atoms. The maximum atomic E-state index is 2.86. The maximum Gasteiger partial charge on any atom is 0.252 e. The van der Waals surface area contributed by atoms with Crippen LogP contribution in [0, 0.1) is 0 Å². The van der Waals surface area contributed by atoms with Crippen molar-refractivity contribution in [2.24, 2.45) is 0 Å². The van der Waals surface area contributed by atoms with Crippen molar-refractivity contribution in [2.75, 3.05) is 14.7 Å². The smallest absolute Gasteiger partial charge is 0.252 e. The second-order valence-electron chi connectivity index (χ2n) is 29.3. The van der Waals surface area contributed by atoms with Gasteiger partial charge in [0.15, 0.2) is 0 Å². The fourth-order valence-corrected chi connectivity index (χ4v) is 17.4. The van der Waals surface area contributed by atoms with Crippen LogP contribution in [0.1, 0.15) is 147 Å². The molecule has 0 amide bonds. The first kappa shape index (κ1) is 53.2. The molecule has 0 spiro atoms. The molecule has 10 aromatic carbocycles. The fraction of sp³-hybridized carbons (Fsp3) is 0.268. The molecule has 6 aliphatic rings. The van der Waals surface area contributed by atoms with Crippen LogP contribution in [0.5, 0.6) is 0 Å². The van der Waals surface area contributed by atoms with E-state index in [1.165, 1.54) is 141 Å². The molecule has 0 radical (unpaired) electrons. The lowest BCUT2D eigenvalue weighted by molar-refractivity contribution is 0.215. The number of benzene rings is 10. The number of hydrogen-bond acceptors (Lipinski definition) is 3. The van der Waals surface area contributed by atoms with Crippen LogP contribution >= 0.6 is 0 Å². The Morgan fingerprint density at radius 1 is 0.372 bits per heavy atom. The van der Waals surface area contributed by atoms with E-state index in [0.29, 0.717) is 0 Å². The van der Waals surface area contributed by atoms with Crippen LogP contribution < -0.4 is 31.1 Å². The summed E-state index contributed by atoms with van der Waals surface area (Å²) < 4.78 is 0. The van der Waals surface area contributed by atoms with Crippen molar-refractivity contribution in [1.82, 2.24) is 0 Å². The van der Waals surface area contributed by atoms with E-state index in [9.17, 15) is 0 Å². The highest BCUT2D eigenvalue weighted by Crippen LogP contribution is 2.65. The van der Waals surface area contributed by atoms with Crippen LogP contribution in [0.3, 0.4) is 0 Å². The van der Waals surface area contributed by atoms with Crippen molar-refractivity contribution in [3.63, 3.8) is 0 Å². The van der Waals surface area contributed by atoms with Gasteiger partial charge in [-0.1, -0.05) is 239 Å². The minimum atomic E-state index is -0.311. The second-order valence-corrected chi connectivity index (χ2v) is 29.3. The summed E-state index contributed by atoms with van der Waals surface area (Å²) in [4.78, 5) is 8.30. The minimum Gasteiger partial charge on any atom is -0.334 e. The third kappa shape index (κ3) is 7.53. The van der Waals surface area contributed by atoms with Gasteiger partial charge in [-0.05, 0) is 187 Å². The summed E-state index contributed by atoms with van der Waals surface area (Å²) in [6, 6.07) is 86.0. The van der Waals surface area contributed by atoms with Gasteiger partial charge in [0.25, 0.3) is 6.71 Å². The lowest BCUT2D eigenvalue weighted by Crippen LogP contribution is -2.62. The van der Waals surface area contributed by atoms with Crippen LogP contribution in [0.4, 0.5) is 45.5 Å². The first-order chi connectivity index (χ1) is 41.4. The van der Waals surface area contributed by atoms with E-state index in [1.54, 1.807) is 0 Å². The average molecular weight is 1120 g/mol. The zero-order chi connectivity index (χ0) is 58.9. The molecule has 86 heavy (non-hydrogen) atoms. The summed E-state index contributed by atoms with van der Waals surface area (Å²) in [5, 5.41) is 0. The Morgan fingerprint density at radius 2 is 0.988 bits per heavy atom. The van der Waals surface area contributed by atoms with Crippen molar-refractivity contribution in [1.29, 1.82) is 0 Å². The van der Waals surface area contributed by atoms with Crippen LogP contribution in [-0.2, 0) is 27.1 Å². The van der Waals surface area contributed by atoms with Crippen molar-refractivity contribution >= 4 is 68.6 Å². The van der Waals surface area contributed by atoms with Crippen molar-refractivity contribution in [3.05, 3.63) is 257 Å². The Hall–Kier alpha value is -8.34. The Kier molecular flexibility index (Phi) is 11.5. The normalized spacial score (nSPS) is 21.0. The largest absolute Gasteiger partial charge is 0.334 e. The number of nitrogens with zero attached hydrogens (tertiary/aromatic N) is 3. The molecule has 0 saturated heterocycles. The molecule has 4 heteroatoms. The molecule has 3 atom stereocenters. The first-order valence-electron chi connectivity index (χ1n) is 31.9. The van der Waals surface area contributed by atoms with E-state index in [2.05, 4.69) is 302 Å². The molecule has 0 aromatic heterocycles. The summed E-state index contributed by atoms with van der Waals surface area (Å²) >= 11 is 0. The van der Waals surface area contributed by atoms with Crippen LogP contribution in [0.15, 0.2) is 218 Å². The lowest BCUT2D eigenvalue weighted by Gasteiger charge is -2.53. The summed E-state index contributed by atoms with van der Waals surface area (Å²) in [7, 11) is 0. The predicted molar refractivity (Wildman–Crippen MR) is 366 cm³/mol. The second kappa shape index (κ2) is 18.6. The van der Waals surface area contributed by atoms with E-state index in [1.807, 2.05) is 0 Å². The first-order valence-corrected chi connectivity index (χ1v) is 31.9. The number of rotatable bonds is 5. The van der Waals surface area contributed by atoms with Crippen LogP contribution in [0.25, 0.3) is 33.4 Å². The van der Waals surface area contributed by atoms with Gasteiger partial charge in [-0.15, -0.1) is 0 Å². The molecule has 1 saturated carbocycles. The molecule has 4 aliphatic heterocycles. The van der Waals surface area contributed by atoms with Gasteiger partial charge >= 0.3 is 0 Å². The molecule has 0 N–H and O–H groups in total. The highest BCUT2D eigenvalue weighted by Gasteiger charge is 2.62. The van der Waals surface area contributed by atoms with Gasteiger partial charge in [0.2, 0.25) is 0 Å². The molecular formula is C82H78BN3. The topological polar surface area (TPSA) is 9.72 Å². The molecule has 4 heterocycles. The monoisotopic (exact) mass is 1120 g/mol. The Balaban J connectivity index is 1.06. The molecule has 2 aliphatic carbocycles. The van der Waals surface area contributed by atoms with Gasteiger partial charge < -0.3 is 14.7 Å². The van der Waals surface area contributed by atoms with E-state index < -0.39 is 0 Å². The molecule has 1 fully saturated rings. The predicted octanol–water partition coefficient (Wildman–Crippen LogP) is 19.8. The number of hydrogen-bond donors (Lipinski definition) is 0. The van der Waals surface area contributed by atoms with E-state index >= 15 is 0 Å². The molecular weight excluding hydrogens is 1040 g/mol. The quantitative estimate of drug-likeness (QED) is 0.159. The zero-order valence-corrected chi connectivity index (χ0v) is 51.9. The third-order valence-electron chi connectivity index (χ3n) is 22.0. The standard InChI is InChI=1S/C82H78BN3/c1-77(2,3)57-35-37-58(38-36-57)82-43-22-21-42-81(82,10)86(71-33-20-19-32-65(71)82)61-49-74-76-75(50-61)85-70-41-39-59(78(4,5)6)48-63(70)62-30-17-18-31-64(62)80(9)45-44-79(7,8)66-51-69(73(85)52-67(66)80)83(76)68-40-34-56(54-26-15-12-16-27-54)47-72(68)84(74)60-29-23-28-55(46-60)53-24-13-11-14-25-53/h11-20,23-41,46-52H,21-22,42-45H2,1-10H3. The highest BCUT2D eigenvalue weighted by atomic mass is 15.3. The van der Waals surface area contributed by atoms with Gasteiger partial charge in [-0.3, -0.25) is 0 Å². The Morgan fingerprint density at radius 3 is 1.71 bits per heavy atom. The van der Waals surface area contributed by atoms with Gasteiger partial charge in [0.1, 0.15) is 0 Å². The molecule has 3 nitrogen and oxygen atoms in total. The van der Waals surface area contributed by atoms with E-state index in [0.717, 1.165) is 31.4 Å². The Labute approximate surface area is 511 Å². The van der Waals surface area contributed by atoms with Crippen molar-refractivity contribution in [3.8, 4) is 33.4 Å². The summed E-state index contributed by atoms with van der Waals surface area (Å²) in [5.74, 6) is 0. The molecule has 424 valence electrons. The Bertz CT molecular complexity index is 4410. The van der Waals surface area contributed by atoms with Crippen molar-refractivity contribution < 1.29 is 0 Å². The van der Waals surface area contributed by atoms with Gasteiger partial charge in [-0.25, -0.2) is 0 Å². The van der Waals surface area contributed by atoms with E-state index in [-0.39, 0.29) is 39.3 Å². The van der Waals surface area contributed by atoms with Gasteiger partial charge in [0, 0.05) is 56.2 Å². The highest BCUT2D eigenvalue weighted by molar-refractivity contribution is 7.00. The SMILES string of the molecule is CC(C)(C)c1ccc(C23CCCCC2(C)N(c2cc4c5c(c2)N2c6cc7c(cc6B5c5ccc(-c6ccccc6)cc5N4c4cccc(-c5ccccc5)c4)C(C)(C)CCC7(C)c4ccccc4-c4cc(C(C)(C)C)ccc42)c2ccccc23)cc1. The fourth-order valence-electron chi connectivity index (χ4n) is 17.4. The molecule has 10 aromatic rings. The van der Waals surface area contributed by atoms with Crippen LogP contribution in [0.2, 0.25) is 0 Å². The third-order valence-corrected chi connectivity index (χ3v) is 22.0. The molecule has 3 unspecified atom stereocenters. The minimum absolute atomic E-state index is 0.0480.